The molecule has 17 heavy (non-hydrogen) atoms. The molecule has 2 heteroatoms. The molecule has 0 aliphatic rings. The molecular formula is C15H32O2. The first kappa shape index (κ1) is 16.9. The van der Waals surface area contributed by atoms with Gasteiger partial charge in [0.25, 0.3) is 0 Å². The van der Waals surface area contributed by atoms with Gasteiger partial charge < -0.3 is 10.2 Å². The van der Waals surface area contributed by atoms with Gasteiger partial charge in [0.15, 0.2) is 6.29 Å². The van der Waals surface area contributed by atoms with Crippen molar-refractivity contribution in [2.45, 2.75) is 90.8 Å². The average Bonchev–Trinajstić information content (AvgIpc) is 2.31. The molecule has 0 aromatic heterocycles. The van der Waals surface area contributed by atoms with E-state index in [1.807, 2.05) is 0 Å². The SMILES string of the molecule is CCCCCCCCCC(CC)CCC(O)O. The fourth-order valence-corrected chi connectivity index (χ4v) is 2.33. The molecule has 0 amide bonds. The molecule has 0 saturated carbocycles. The van der Waals surface area contributed by atoms with Crippen molar-refractivity contribution >= 4 is 0 Å². The molecule has 0 saturated heterocycles. The van der Waals surface area contributed by atoms with Crippen LogP contribution in [0.5, 0.6) is 0 Å². The minimum absolute atomic E-state index is 0.537. The van der Waals surface area contributed by atoms with Crippen molar-refractivity contribution in [2.75, 3.05) is 0 Å². The Bertz CT molecular complexity index is 146. The first-order valence-corrected chi connectivity index (χ1v) is 7.56. The van der Waals surface area contributed by atoms with Gasteiger partial charge in [0.05, 0.1) is 0 Å². The lowest BCUT2D eigenvalue weighted by atomic mass is 9.93. The maximum Gasteiger partial charge on any atom is 0.151 e. The van der Waals surface area contributed by atoms with Crippen molar-refractivity contribution in [2.24, 2.45) is 5.92 Å². The largest absolute Gasteiger partial charge is 0.368 e. The maximum atomic E-state index is 8.84. The molecule has 1 atom stereocenters. The lowest BCUT2D eigenvalue weighted by molar-refractivity contribution is -0.0491. The Morgan fingerprint density at radius 3 is 1.82 bits per heavy atom. The van der Waals surface area contributed by atoms with Gasteiger partial charge in [-0.05, 0) is 18.8 Å². The molecule has 0 aliphatic heterocycles. The molecule has 2 N–H and O–H groups in total. The second-order valence-corrected chi connectivity index (χ2v) is 5.24. The number of aliphatic hydroxyl groups excluding tert-OH is 1. The summed E-state index contributed by atoms with van der Waals surface area (Å²) in [6.07, 6.45) is 12.3. The first-order chi connectivity index (χ1) is 8.20. The van der Waals surface area contributed by atoms with Crippen LogP contribution in [-0.4, -0.2) is 16.5 Å². The third kappa shape index (κ3) is 12.2. The highest BCUT2D eigenvalue weighted by Crippen LogP contribution is 2.20. The monoisotopic (exact) mass is 244 g/mol. The van der Waals surface area contributed by atoms with E-state index < -0.39 is 6.29 Å². The Labute approximate surface area is 107 Å². The maximum absolute atomic E-state index is 8.84. The van der Waals surface area contributed by atoms with E-state index in [-0.39, 0.29) is 0 Å². The Balaban J connectivity index is 3.31. The lowest BCUT2D eigenvalue weighted by Gasteiger charge is -2.15. The average molecular weight is 244 g/mol. The topological polar surface area (TPSA) is 40.5 Å². The van der Waals surface area contributed by atoms with Gasteiger partial charge in [0.2, 0.25) is 0 Å². The van der Waals surface area contributed by atoms with Crippen LogP contribution >= 0.6 is 0 Å². The van der Waals surface area contributed by atoms with Crippen LogP contribution in [0.4, 0.5) is 0 Å². The summed E-state index contributed by atoms with van der Waals surface area (Å²) >= 11 is 0. The molecule has 0 rings (SSSR count). The van der Waals surface area contributed by atoms with Crippen LogP contribution in [0.3, 0.4) is 0 Å². The molecular weight excluding hydrogens is 212 g/mol. The highest BCUT2D eigenvalue weighted by atomic mass is 16.5. The van der Waals surface area contributed by atoms with Crippen LogP contribution < -0.4 is 0 Å². The van der Waals surface area contributed by atoms with Gasteiger partial charge in [-0.2, -0.15) is 0 Å². The third-order valence-electron chi connectivity index (χ3n) is 3.63. The zero-order valence-electron chi connectivity index (χ0n) is 11.8. The molecule has 0 spiro atoms. The fraction of sp³-hybridized carbons (Fsp3) is 1.00. The Hall–Kier alpha value is -0.0800. The highest BCUT2D eigenvalue weighted by molar-refractivity contribution is 4.59. The predicted molar refractivity (Wildman–Crippen MR) is 73.9 cm³/mol. The summed E-state index contributed by atoms with van der Waals surface area (Å²) in [6, 6.07) is 0. The van der Waals surface area contributed by atoms with E-state index in [4.69, 9.17) is 10.2 Å². The van der Waals surface area contributed by atoms with Gasteiger partial charge in [-0.1, -0.05) is 71.6 Å². The number of rotatable bonds is 12. The first-order valence-electron chi connectivity index (χ1n) is 7.56. The van der Waals surface area contributed by atoms with Gasteiger partial charge >= 0.3 is 0 Å². The van der Waals surface area contributed by atoms with Crippen molar-refractivity contribution in [3.05, 3.63) is 0 Å². The number of aliphatic hydroxyl groups is 2. The predicted octanol–water partition coefficient (Wildman–Crippen LogP) is 4.24. The summed E-state index contributed by atoms with van der Waals surface area (Å²) in [6.45, 7) is 4.46. The van der Waals surface area contributed by atoms with E-state index in [9.17, 15) is 0 Å². The van der Waals surface area contributed by atoms with Crippen molar-refractivity contribution < 1.29 is 10.2 Å². The van der Waals surface area contributed by atoms with Crippen molar-refractivity contribution in [3.8, 4) is 0 Å². The van der Waals surface area contributed by atoms with Crippen LogP contribution in [-0.2, 0) is 0 Å². The molecule has 2 nitrogen and oxygen atoms in total. The molecule has 0 radical (unpaired) electrons. The summed E-state index contributed by atoms with van der Waals surface area (Å²) < 4.78 is 0. The number of hydrogen-bond donors (Lipinski definition) is 2. The quantitative estimate of drug-likeness (QED) is 0.398. The number of unbranched alkanes of at least 4 members (excludes halogenated alkanes) is 6. The molecule has 0 fully saturated rings. The summed E-state index contributed by atoms with van der Waals surface area (Å²) in [5.74, 6) is 0.687. The second-order valence-electron chi connectivity index (χ2n) is 5.24. The summed E-state index contributed by atoms with van der Waals surface area (Å²) in [5, 5.41) is 17.7. The Morgan fingerprint density at radius 2 is 1.29 bits per heavy atom. The Kier molecular flexibility index (Phi) is 12.3. The summed E-state index contributed by atoms with van der Waals surface area (Å²) in [4.78, 5) is 0. The van der Waals surface area contributed by atoms with Crippen molar-refractivity contribution in [1.82, 2.24) is 0 Å². The minimum Gasteiger partial charge on any atom is -0.368 e. The van der Waals surface area contributed by atoms with E-state index >= 15 is 0 Å². The van der Waals surface area contributed by atoms with Crippen LogP contribution in [0.25, 0.3) is 0 Å². The zero-order valence-corrected chi connectivity index (χ0v) is 11.8. The summed E-state index contributed by atoms with van der Waals surface area (Å²) in [5.41, 5.74) is 0. The van der Waals surface area contributed by atoms with Gasteiger partial charge in [-0.25, -0.2) is 0 Å². The molecule has 0 heterocycles. The van der Waals surface area contributed by atoms with Crippen molar-refractivity contribution in [1.29, 1.82) is 0 Å². The number of hydrogen-bond acceptors (Lipinski definition) is 2. The molecule has 0 bridgehead atoms. The van der Waals surface area contributed by atoms with Crippen LogP contribution in [0, 0.1) is 5.92 Å². The van der Waals surface area contributed by atoms with E-state index in [1.165, 1.54) is 57.8 Å². The van der Waals surface area contributed by atoms with Crippen LogP contribution in [0.15, 0.2) is 0 Å². The van der Waals surface area contributed by atoms with Crippen LogP contribution in [0.1, 0.15) is 84.5 Å². The smallest absolute Gasteiger partial charge is 0.151 e. The zero-order chi connectivity index (χ0) is 12.9. The summed E-state index contributed by atoms with van der Waals surface area (Å²) in [7, 11) is 0. The van der Waals surface area contributed by atoms with E-state index in [1.54, 1.807) is 0 Å². The lowest BCUT2D eigenvalue weighted by Crippen LogP contribution is -2.08. The Morgan fingerprint density at radius 1 is 0.706 bits per heavy atom. The van der Waals surface area contributed by atoms with E-state index in [0.717, 1.165) is 6.42 Å². The second kappa shape index (κ2) is 12.4. The normalized spacial score (nSPS) is 13.2. The fourth-order valence-electron chi connectivity index (χ4n) is 2.33. The molecule has 0 aromatic rings. The van der Waals surface area contributed by atoms with Gasteiger partial charge in [0, 0.05) is 0 Å². The van der Waals surface area contributed by atoms with Gasteiger partial charge in [-0.15, -0.1) is 0 Å². The third-order valence-corrected chi connectivity index (χ3v) is 3.63. The van der Waals surface area contributed by atoms with E-state index in [0.29, 0.717) is 12.3 Å². The molecule has 0 aromatic carbocycles. The van der Waals surface area contributed by atoms with Crippen molar-refractivity contribution in [3.63, 3.8) is 0 Å². The van der Waals surface area contributed by atoms with Gasteiger partial charge in [0.1, 0.15) is 0 Å². The minimum atomic E-state index is -1.11. The van der Waals surface area contributed by atoms with E-state index in [2.05, 4.69) is 13.8 Å². The standard InChI is InChI=1S/C15H32O2/c1-3-5-6-7-8-9-10-11-14(4-2)12-13-15(16)17/h14-17H,3-13H2,1-2H3. The van der Waals surface area contributed by atoms with Crippen LogP contribution in [0.2, 0.25) is 0 Å². The van der Waals surface area contributed by atoms with Gasteiger partial charge in [-0.3, -0.25) is 0 Å². The molecule has 0 aliphatic carbocycles. The molecule has 1 unspecified atom stereocenters. The highest BCUT2D eigenvalue weighted by Gasteiger charge is 2.08. The molecule has 104 valence electrons.